The first kappa shape index (κ1) is 17.0. The summed E-state index contributed by atoms with van der Waals surface area (Å²) in [5.41, 5.74) is 8.12. The highest BCUT2D eigenvalue weighted by Gasteiger charge is 2.11. The number of rotatable bonds is 5. The average Bonchev–Trinajstić information content (AvgIpc) is 3.00. The first-order valence-corrected chi connectivity index (χ1v) is 8.67. The number of hydrogen-bond donors (Lipinski definition) is 2. The Hall–Kier alpha value is -2.86. The Morgan fingerprint density at radius 3 is 2.80 bits per heavy atom. The molecular formula is C19H19N3O2S. The van der Waals surface area contributed by atoms with Gasteiger partial charge in [-0.1, -0.05) is 12.1 Å². The quantitative estimate of drug-likeness (QED) is 0.725. The zero-order valence-electron chi connectivity index (χ0n) is 14.1. The van der Waals surface area contributed by atoms with Gasteiger partial charge in [0.05, 0.1) is 12.1 Å². The van der Waals surface area contributed by atoms with Crippen molar-refractivity contribution in [2.75, 3.05) is 5.73 Å². The van der Waals surface area contributed by atoms with Crippen LogP contribution in [-0.4, -0.2) is 10.9 Å². The number of benzene rings is 1. The van der Waals surface area contributed by atoms with Gasteiger partial charge in [0.25, 0.3) is 5.91 Å². The first-order valence-electron chi connectivity index (χ1n) is 7.86. The lowest BCUT2D eigenvalue weighted by Gasteiger charge is -2.06. The highest BCUT2D eigenvalue weighted by Crippen LogP contribution is 2.29. The maximum Gasteiger partial charge on any atom is 0.255 e. The normalized spacial score (nSPS) is 10.5. The molecule has 128 valence electrons. The first-order chi connectivity index (χ1) is 12.0. The topological polar surface area (TPSA) is 77.2 Å². The molecule has 0 atom stereocenters. The van der Waals surface area contributed by atoms with Crippen LogP contribution in [0.15, 0.2) is 48.5 Å². The van der Waals surface area contributed by atoms with Crippen LogP contribution in [0.4, 0.5) is 5.82 Å². The van der Waals surface area contributed by atoms with Crippen LogP contribution in [0.3, 0.4) is 0 Å². The predicted molar refractivity (Wildman–Crippen MR) is 100 cm³/mol. The molecule has 0 fully saturated rings. The number of pyridine rings is 1. The molecule has 0 aliphatic heterocycles. The summed E-state index contributed by atoms with van der Waals surface area (Å²) in [7, 11) is 0. The van der Waals surface area contributed by atoms with Crippen molar-refractivity contribution < 1.29 is 9.53 Å². The molecule has 2 aromatic heterocycles. The number of carbonyl (C=O) groups excluding carboxylic acids is 1. The van der Waals surface area contributed by atoms with Crippen LogP contribution in [0.25, 0.3) is 0 Å². The summed E-state index contributed by atoms with van der Waals surface area (Å²) in [5.74, 6) is 0.808. The molecule has 25 heavy (non-hydrogen) atoms. The van der Waals surface area contributed by atoms with Crippen LogP contribution in [0.2, 0.25) is 0 Å². The molecule has 1 amide bonds. The van der Waals surface area contributed by atoms with Gasteiger partial charge in [-0.05, 0) is 55.8 Å². The van der Waals surface area contributed by atoms with Gasteiger partial charge in [-0.15, -0.1) is 11.3 Å². The van der Waals surface area contributed by atoms with Crippen LogP contribution < -0.4 is 15.8 Å². The molecule has 1 aromatic carbocycles. The van der Waals surface area contributed by atoms with Gasteiger partial charge in [-0.25, -0.2) is 4.98 Å². The number of nitrogens with two attached hydrogens (primary N) is 1. The summed E-state index contributed by atoms with van der Waals surface area (Å²) in [6, 6.07) is 15.2. The van der Waals surface area contributed by atoms with E-state index in [9.17, 15) is 4.79 Å². The lowest BCUT2D eigenvalue weighted by molar-refractivity contribution is 0.0952. The third-order valence-corrected chi connectivity index (χ3v) is 4.54. The maximum absolute atomic E-state index is 12.2. The zero-order chi connectivity index (χ0) is 17.8. The number of ether oxygens (including phenoxy) is 1. The Bertz CT molecular complexity index is 905. The third-order valence-electron chi connectivity index (χ3n) is 3.58. The Kier molecular flexibility index (Phi) is 5.00. The molecule has 0 aliphatic carbocycles. The lowest BCUT2D eigenvalue weighted by atomic mass is 10.2. The molecular weight excluding hydrogens is 334 g/mol. The van der Waals surface area contributed by atoms with Crippen molar-refractivity contribution in [1.29, 1.82) is 0 Å². The van der Waals surface area contributed by atoms with E-state index in [-0.39, 0.29) is 11.7 Å². The van der Waals surface area contributed by atoms with Crippen molar-refractivity contribution >= 4 is 23.1 Å². The minimum Gasteiger partial charge on any atom is -0.447 e. The van der Waals surface area contributed by atoms with Gasteiger partial charge < -0.3 is 15.8 Å². The molecule has 0 unspecified atom stereocenters. The molecule has 0 saturated heterocycles. The number of aryl methyl sites for hydroxylation is 2. The van der Waals surface area contributed by atoms with Gasteiger partial charge >= 0.3 is 0 Å². The fraction of sp³-hybridized carbons (Fsp3) is 0.158. The molecule has 0 saturated carbocycles. The summed E-state index contributed by atoms with van der Waals surface area (Å²) >= 11 is 1.49. The van der Waals surface area contributed by atoms with E-state index in [1.807, 2.05) is 50.2 Å². The van der Waals surface area contributed by atoms with E-state index in [1.165, 1.54) is 11.3 Å². The van der Waals surface area contributed by atoms with E-state index in [2.05, 4.69) is 10.3 Å². The predicted octanol–water partition coefficient (Wildman–Crippen LogP) is 4.06. The largest absolute Gasteiger partial charge is 0.447 e. The number of nitrogen functional groups attached to an aromatic ring is 1. The molecule has 0 radical (unpaired) electrons. The van der Waals surface area contributed by atoms with Gasteiger partial charge in [0.15, 0.2) is 5.06 Å². The van der Waals surface area contributed by atoms with E-state index in [0.717, 1.165) is 26.9 Å². The van der Waals surface area contributed by atoms with Gasteiger partial charge in [-0.2, -0.15) is 0 Å². The molecule has 6 heteroatoms. The van der Waals surface area contributed by atoms with E-state index < -0.39 is 0 Å². The highest BCUT2D eigenvalue weighted by molar-refractivity contribution is 7.13. The Labute approximate surface area is 150 Å². The summed E-state index contributed by atoms with van der Waals surface area (Å²) < 4.78 is 5.84. The Balaban J connectivity index is 1.60. The van der Waals surface area contributed by atoms with Crippen molar-refractivity contribution in [2.24, 2.45) is 0 Å². The number of nitrogens with one attached hydrogen (secondary N) is 1. The van der Waals surface area contributed by atoms with E-state index in [0.29, 0.717) is 12.1 Å². The second-order valence-corrected chi connectivity index (χ2v) is 6.84. The van der Waals surface area contributed by atoms with Crippen molar-refractivity contribution in [3.8, 4) is 10.8 Å². The summed E-state index contributed by atoms with van der Waals surface area (Å²) in [6.45, 7) is 4.27. The van der Waals surface area contributed by atoms with E-state index >= 15 is 0 Å². The molecule has 2 heterocycles. The molecule has 3 rings (SSSR count). The number of aromatic nitrogens is 1. The van der Waals surface area contributed by atoms with Crippen molar-refractivity contribution in [1.82, 2.24) is 10.3 Å². The number of anilines is 1. The van der Waals surface area contributed by atoms with Crippen LogP contribution >= 0.6 is 11.3 Å². The summed E-state index contributed by atoms with van der Waals surface area (Å²) in [4.78, 5) is 17.3. The van der Waals surface area contributed by atoms with Gasteiger partial charge in [0.1, 0.15) is 11.6 Å². The van der Waals surface area contributed by atoms with Crippen LogP contribution in [0.1, 0.15) is 26.5 Å². The van der Waals surface area contributed by atoms with Crippen LogP contribution in [0.5, 0.6) is 10.8 Å². The molecule has 5 nitrogen and oxygen atoms in total. The van der Waals surface area contributed by atoms with Crippen LogP contribution in [0, 0.1) is 13.8 Å². The van der Waals surface area contributed by atoms with Crippen molar-refractivity contribution in [2.45, 2.75) is 20.4 Å². The second kappa shape index (κ2) is 7.36. The number of nitrogens with zero attached hydrogens (tertiary/aromatic N) is 1. The fourth-order valence-corrected chi connectivity index (χ4v) is 3.15. The van der Waals surface area contributed by atoms with Gasteiger partial charge in [0, 0.05) is 10.6 Å². The van der Waals surface area contributed by atoms with E-state index in [1.54, 1.807) is 12.1 Å². The standard InChI is InChI=1S/C19H19N3O2S/c1-12-4-3-5-14(10-12)24-17-9-7-15(25-17)11-21-19(23)16-8-6-13(2)22-18(16)20/h3-10H,11H2,1-2H3,(H2,20,22)(H,21,23). The third kappa shape index (κ3) is 4.36. The molecule has 0 bridgehead atoms. The Morgan fingerprint density at radius 2 is 2.04 bits per heavy atom. The van der Waals surface area contributed by atoms with Gasteiger partial charge in [0.2, 0.25) is 0 Å². The van der Waals surface area contributed by atoms with Crippen LogP contribution in [-0.2, 0) is 6.54 Å². The number of carbonyl (C=O) groups is 1. The summed E-state index contributed by atoms with van der Waals surface area (Å²) in [6.07, 6.45) is 0. The lowest BCUT2D eigenvalue weighted by Crippen LogP contribution is -2.23. The van der Waals surface area contributed by atoms with Crippen molar-refractivity contribution in [3.05, 3.63) is 70.2 Å². The maximum atomic E-state index is 12.2. The number of hydrogen-bond acceptors (Lipinski definition) is 5. The minimum absolute atomic E-state index is 0.237. The van der Waals surface area contributed by atoms with Crippen molar-refractivity contribution in [3.63, 3.8) is 0 Å². The Morgan fingerprint density at radius 1 is 1.20 bits per heavy atom. The highest BCUT2D eigenvalue weighted by atomic mass is 32.1. The average molecular weight is 353 g/mol. The smallest absolute Gasteiger partial charge is 0.255 e. The van der Waals surface area contributed by atoms with Gasteiger partial charge in [-0.3, -0.25) is 4.79 Å². The zero-order valence-corrected chi connectivity index (χ0v) is 14.9. The SMILES string of the molecule is Cc1cccc(Oc2ccc(CNC(=O)c3ccc(C)nc3N)s2)c1. The number of thiophene rings is 1. The molecule has 0 aliphatic rings. The summed E-state index contributed by atoms with van der Waals surface area (Å²) in [5, 5.41) is 3.64. The second-order valence-electron chi connectivity index (χ2n) is 5.71. The minimum atomic E-state index is -0.237. The molecule has 3 N–H and O–H groups in total. The van der Waals surface area contributed by atoms with E-state index in [4.69, 9.17) is 10.5 Å². The monoisotopic (exact) mass is 353 g/mol. The number of amides is 1. The molecule has 3 aromatic rings. The molecule has 0 spiro atoms. The fourth-order valence-electron chi connectivity index (χ4n) is 2.33.